The largest absolute Gasteiger partial charge is 0.464 e. The molecule has 0 fully saturated rings. The van der Waals surface area contributed by atoms with E-state index in [9.17, 15) is 13.2 Å². The predicted octanol–water partition coefficient (Wildman–Crippen LogP) is 1.90. The van der Waals surface area contributed by atoms with Gasteiger partial charge in [-0.3, -0.25) is 0 Å². The van der Waals surface area contributed by atoms with Gasteiger partial charge in [0.1, 0.15) is 0 Å². The van der Waals surface area contributed by atoms with Crippen LogP contribution in [0.5, 0.6) is 0 Å². The molecule has 0 aromatic carbocycles. The summed E-state index contributed by atoms with van der Waals surface area (Å²) >= 11 is 2.45. The van der Waals surface area contributed by atoms with Crippen molar-refractivity contribution >= 4 is 38.7 Å². The first kappa shape index (κ1) is 16.1. The highest BCUT2D eigenvalue weighted by Gasteiger charge is 2.27. The Labute approximate surface area is 130 Å². The van der Waals surface area contributed by atoms with E-state index in [1.54, 1.807) is 18.3 Å². The van der Waals surface area contributed by atoms with Gasteiger partial charge in [-0.1, -0.05) is 0 Å². The number of carbonyl (C=O) groups is 1. The molecule has 0 aliphatic carbocycles. The van der Waals surface area contributed by atoms with Crippen molar-refractivity contribution in [2.75, 3.05) is 7.11 Å². The van der Waals surface area contributed by atoms with Crippen molar-refractivity contribution in [2.45, 2.75) is 23.6 Å². The van der Waals surface area contributed by atoms with Crippen LogP contribution < -0.4 is 4.72 Å². The number of rotatable bonds is 6. The minimum absolute atomic E-state index is 0.119. The molecule has 0 bridgehead atoms. The highest BCUT2D eigenvalue weighted by Crippen LogP contribution is 2.21. The van der Waals surface area contributed by atoms with Gasteiger partial charge in [-0.05, 0) is 35.7 Å². The SMILES string of the molecule is COC(=O)c1ncsc1S(=O)(=O)NC(C)Cc1ccsc1. The number of thiophene rings is 1. The number of hydrogen-bond donors (Lipinski definition) is 1. The van der Waals surface area contributed by atoms with Crippen molar-refractivity contribution in [3.05, 3.63) is 33.6 Å². The smallest absolute Gasteiger partial charge is 0.358 e. The van der Waals surface area contributed by atoms with Crippen LogP contribution in [-0.4, -0.2) is 32.5 Å². The van der Waals surface area contributed by atoms with Gasteiger partial charge in [0, 0.05) is 6.04 Å². The van der Waals surface area contributed by atoms with Crippen LogP contribution in [0.25, 0.3) is 0 Å². The van der Waals surface area contributed by atoms with Gasteiger partial charge in [0.05, 0.1) is 12.6 Å². The lowest BCUT2D eigenvalue weighted by molar-refractivity contribution is 0.0590. The van der Waals surface area contributed by atoms with Crippen LogP contribution in [0.1, 0.15) is 23.0 Å². The van der Waals surface area contributed by atoms with Crippen molar-refractivity contribution in [1.82, 2.24) is 9.71 Å². The fourth-order valence-electron chi connectivity index (χ4n) is 1.78. The Morgan fingerprint density at radius 2 is 2.29 bits per heavy atom. The molecular formula is C12H14N2O4S3. The van der Waals surface area contributed by atoms with E-state index in [1.165, 1.54) is 12.6 Å². The third kappa shape index (κ3) is 3.88. The molecule has 21 heavy (non-hydrogen) atoms. The molecule has 9 heteroatoms. The molecule has 1 N–H and O–H groups in total. The zero-order valence-electron chi connectivity index (χ0n) is 11.4. The second kappa shape index (κ2) is 6.65. The standard InChI is InChI=1S/C12H14N2O4S3/c1-8(5-9-3-4-19-6-9)14-21(16,17)12-10(11(15)18-2)13-7-20-12/h3-4,6-8,14H,5H2,1-2H3. The zero-order chi connectivity index (χ0) is 15.5. The van der Waals surface area contributed by atoms with E-state index in [-0.39, 0.29) is 15.9 Å². The summed E-state index contributed by atoms with van der Waals surface area (Å²) in [6, 6.07) is 1.65. The summed E-state index contributed by atoms with van der Waals surface area (Å²) < 4.78 is 31.6. The van der Waals surface area contributed by atoms with Crippen LogP contribution in [0.3, 0.4) is 0 Å². The molecule has 6 nitrogen and oxygen atoms in total. The van der Waals surface area contributed by atoms with Crippen molar-refractivity contribution < 1.29 is 17.9 Å². The van der Waals surface area contributed by atoms with Gasteiger partial charge >= 0.3 is 5.97 Å². The maximum atomic E-state index is 12.3. The topological polar surface area (TPSA) is 85.4 Å². The lowest BCUT2D eigenvalue weighted by atomic mass is 10.1. The summed E-state index contributed by atoms with van der Waals surface area (Å²) in [5, 5.41) is 3.91. The summed E-state index contributed by atoms with van der Waals surface area (Å²) in [6.07, 6.45) is 0.578. The molecule has 2 rings (SSSR count). The van der Waals surface area contributed by atoms with E-state index in [2.05, 4.69) is 14.4 Å². The Hall–Kier alpha value is -1.29. The summed E-state index contributed by atoms with van der Waals surface area (Å²) in [6.45, 7) is 1.77. The summed E-state index contributed by atoms with van der Waals surface area (Å²) in [4.78, 5) is 15.3. The molecule has 0 radical (unpaired) electrons. The summed E-state index contributed by atoms with van der Waals surface area (Å²) in [7, 11) is -2.61. The van der Waals surface area contributed by atoms with Crippen LogP contribution >= 0.6 is 22.7 Å². The average molecular weight is 346 g/mol. The van der Waals surface area contributed by atoms with Gasteiger partial charge in [0.25, 0.3) is 10.0 Å². The second-order valence-electron chi connectivity index (χ2n) is 4.34. The lowest BCUT2D eigenvalue weighted by Crippen LogP contribution is -2.34. The molecule has 1 unspecified atom stereocenters. The van der Waals surface area contributed by atoms with Crippen LogP contribution in [0.15, 0.2) is 26.5 Å². The number of sulfonamides is 1. The van der Waals surface area contributed by atoms with Crippen LogP contribution in [0.4, 0.5) is 0 Å². The number of esters is 1. The third-order valence-corrected chi connectivity index (χ3v) is 6.33. The highest BCUT2D eigenvalue weighted by molar-refractivity contribution is 7.91. The molecule has 0 spiro atoms. The number of hydrogen-bond acceptors (Lipinski definition) is 7. The summed E-state index contributed by atoms with van der Waals surface area (Å²) in [5.41, 5.74) is 2.19. The molecule has 0 aliphatic heterocycles. The summed E-state index contributed by atoms with van der Waals surface area (Å²) in [5.74, 6) is -0.762. The molecule has 0 amide bonds. The number of thiazole rings is 1. The van der Waals surface area contributed by atoms with E-state index in [1.807, 2.05) is 16.8 Å². The highest BCUT2D eigenvalue weighted by atomic mass is 32.2. The van der Waals surface area contributed by atoms with Gasteiger partial charge in [0.2, 0.25) is 0 Å². The molecule has 2 heterocycles. The first-order chi connectivity index (χ1) is 9.94. The minimum atomic E-state index is -3.80. The number of nitrogens with zero attached hydrogens (tertiary/aromatic N) is 1. The Balaban J connectivity index is 2.15. The molecular weight excluding hydrogens is 332 g/mol. The Morgan fingerprint density at radius 1 is 1.52 bits per heavy atom. The Kier molecular flexibility index (Phi) is 5.09. The molecule has 2 aromatic heterocycles. The Bertz CT molecular complexity index is 707. The van der Waals surface area contributed by atoms with E-state index < -0.39 is 16.0 Å². The molecule has 0 saturated carbocycles. The fraction of sp³-hybridized carbons (Fsp3) is 0.333. The fourth-order valence-corrected chi connectivity index (χ4v) is 4.86. The first-order valence-electron chi connectivity index (χ1n) is 5.99. The number of ether oxygens (including phenoxy) is 1. The van der Waals surface area contributed by atoms with E-state index in [0.717, 1.165) is 16.9 Å². The maximum Gasteiger partial charge on any atom is 0.358 e. The molecule has 2 aromatic rings. The van der Waals surface area contributed by atoms with E-state index in [0.29, 0.717) is 6.42 Å². The van der Waals surface area contributed by atoms with Crippen molar-refractivity contribution in [3.63, 3.8) is 0 Å². The van der Waals surface area contributed by atoms with Gasteiger partial charge < -0.3 is 4.74 Å². The van der Waals surface area contributed by atoms with Crippen molar-refractivity contribution in [3.8, 4) is 0 Å². The molecule has 0 aliphatic rings. The van der Waals surface area contributed by atoms with Crippen molar-refractivity contribution in [2.24, 2.45) is 0 Å². The third-order valence-electron chi connectivity index (χ3n) is 2.64. The van der Waals surface area contributed by atoms with Crippen LogP contribution in [0, 0.1) is 0 Å². The van der Waals surface area contributed by atoms with Gasteiger partial charge in [0.15, 0.2) is 9.90 Å². The normalized spacial score (nSPS) is 13.0. The maximum absolute atomic E-state index is 12.3. The quantitative estimate of drug-likeness (QED) is 0.808. The van der Waals surface area contributed by atoms with Crippen molar-refractivity contribution in [1.29, 1.82) is 0 Å². The van der Waals surface area contributed by atoms with E-state index >= 15 is 0 Å². The first-order valence-corrected chi connectivity index (χ1v) is 9.30. The number of carbonyl (C=O) groups excluding carboxylic acids is 1. The lowest BCUT2D eigenvalue weighted by Gasteiger charge is -2.13. The number of methoxy groups -OCH3 is 1. The van der Waals surface area contributed by atoms with Gasteiger partial charge in [-0.25, -0.2) is 22.9 Å². The van der Waals surface area contributed by atoms with Crippen LogP contribution in [0.2, 0.25) is 0 Å². The molecule has 114 valence electrons. The van der Waals surface area contributed by atoms with Gasteiger partial charge in [-0.15, -0.1) is 11.3 Å². The predicted molar refractivity (Wildman–Crippen MR) is 81.3 cm³/mol. The molecule has 0 saturated heterocycles. The van der Waals surface area contributed by atoms with Crippen LogP contribution in [-0.2, 0) is 21.2 Å². The van der Waals surface area contributed by atoms with E-state index in [4.69, 9.17) is 0 Å². The van der Waals surface area contributed by atoms with Gasteiger partial charge in [-0.2, -0.15) is 11.3 Å². The Morgan fingerprint density at radius 3 is 2.90 bits per heavy atom. The second-order valence-corrected chi connectivity index (χ2v) is 7.88. The minimum Gasteiger partial charge on any atom is -0.464 e. The zero-order valence-corrected chi connectivity index (χ0v) is 13.8. The molecule has 1 atom stereocenters. The number of nitrogens with one attached hydrogen (secondary N) is 1. The number of aromatic nitrogens is 1. The average Bonchev–Trinajstić information content (AvgIpc) is 3.07. The monoisotopic (exact) mass is 346 g/mol.